The molecule has 2 heterocycles. The number of hydrogen-bond donors (Lipinski definition) is 1. The smallest absolute Gasteiger partial charge is 0.382 e. The molecule has 15 heteroatoms. The lowest BCUT2D eigenvalue weighted by Gasteiger charge is -2.15. The van der Waals surface area contributed by atoms with Crippen LogP contribution in [0.1, 0.15) is 11.3 Å². The lowest BCUT2D eigenvalue weighted by Crippen LogP contribution is -2.37. The van der Waals surface area contributed by atoms with Gasteiger partial charge < -0.3 is 5.11 Å². The molecule has 0 aliphatic carbocycles. The van der Waals surface area contributed by atoms with Gasteiger partial charge in [-0.1, -0.05) is 22.9 Å². The average molecular weight is 533 g/mol. The zero-order chi connectivity index (χ0) is 26.3. The fourth-order valence-corrected chi connectivity index (χ4v) is 3.40. The Hall–Kier alpha value is -3.65. The van der Waals surface area contributed by atoms with E-state index >= 15 is 0 Å². The van der Waals surface area contributed by atoms with Gasteiger partial charge >= 0.3 is 18.0 Å². The van der Waals surface area contributed by atoms with Gasteiger partial charge in [0.2, 0.25) is 0 Å². The van der Waals surface area contributed by atoms with E-state index in [9.17, 15) is 36.2 Å². The van der Waals surface area contributed by atoms with Crippen molar-refractivity contribution in [1.29, 1.82) is 0 Å². The summed E-state index contributed by atoms with van der Waals surface area (Å²) in [5.74, 6) is -0.162. The molecule has 0 radical (unpaired) electrons. The molecule has 0 aliphatic rings. The fraction of sp³-hybridized carbons (Fsp3) is 0.238. The van der Waals surface area contributed by atoms with Crippen molar-refractivity contribution < 1.29 is 31.4 Å². The molecule has 0 saturated heterocycles. The maximum atomic E-state index is 13.0. The van der Waals surface area contributed by atoms with Crippen LogP contribution in [0.25, 0.3) is 17.1 Å². The van der Waals surface area contributed by atoms with Crippen molar-refractivity contribution >= 4 is 11.6 Å². The quantitative estimate of drug-likeness (QED) is 0.380. The predicted molar refractivity (Wildman–Crippen MR) is 114 cm³/mol. The van der Waals surface area contributed by atoms with Gasteiger partial charge in [-0.15, -0.1) is 10.2 Å². The van der Waals surface area contributed by atoms with Gasteiger partial charge in [-0.25, -0.2) is 14.2 Å². The van der Waals surface area contributed by atoms with E-state index in [1.165, 1.54) is 42.6 Å². The van der Waals surface area contributed by atoms with Crippen LogP contribution < -0.4 is 5.69 Å². The fourth-order valence-electron chi connectivity index (χ4n) is 3.27. The molecular formula is C21H15ClF6N6O2. The van der Waals surface area contributed by atoms with Gasteiger partial charge in [0.15, 0.2) is 11.9 Å². The predicted octanol–water partition coefficient (Wildman–Crippen LogP) is 3.94. The Balaban J connectivity index is 1.68. The summed E-state index contributed by atoms with van der Waals surface area (Å²) >= 11 is 5.85. The molecule has 190 valence electrons. The first kappa shape index (κ1) is 25.4. The van der Waals surface area contributed by atoms with Gasteiger partial charge in [0.05, 0.1) is 30.5 Å². The van der Waals surface area contributed by atoms with Crippen LogP contribution in [0.3, 0.4) is 0 Å². The number of rotatable bonds is 6. The molecule has 0 spiro atoms. The molecule has 0 fully saturated rings. The summed E-state index contributed by atoms with van der Waals surface area (Å²) in [6.45, 7) is -1.47. The summed E-state index contributed by atoms with van der Waals surface area (Å²) in [6.07, 6.45) is -11.1. The number of aromatic nitrogens is 6. The molecule has 1 atom stereocenters. The molecule has 2 aromatic heterocycles. The lowest BCUT2D eigenvalue weighted by atomic mass is 10.2. The van der Waals surface area contributed by atoms with Gasteiger partial charge in [0.1, 0.15) is 5.69 Å². The highest BCUT2D eigenvalue weighted by Crippen LogP contribution is 2.30. The highest BCUT2D eigenvalue weighted by atomic mass is 35.5. The van der Waals surface area contributed by atoms with Gasteiger partial charge in [-0.05, 0) is 42.5 Å². The first-order valence-corrected chi connectivity index (χ1v) is 10.5. The van der Waals surface area contributed by atoms with E-state index in [0.717, 1.165) is 21.5 Å². The minimum atomic E-state index is -4.98. The lowest BCUT2D eigenvalue weighted by molar-refractivity contribution is -0.207. The van der Waals surface area contributed by atoms with E-state index < -0.39 is 36.3 Å². The molecule has 8 nitrogen and oxygen atoms in total. The number of aliphatic hydroxyl groups excluding tert-OH is 1. The molecular weight excluding hydrogens is 518 g/mol. The van der Waals surface area contributed by atoms with Crippen molar-refractivity contribution in [1.82, 2.24) is 29.3 Å². The van der Waals surface area contributed by atoms with Crippen molar-refractivity contribution in [3.63, 3.8) is 0 Å². The largest absolute Gasteiger partial charge is 0.416 e. The topological polar surface area (TPSA) is 90.8 Å². The van der Waals surface area contributed by atoms with Crippen LogP contribution in [0.5, 0.6) is 0 Å². The van der Waals surface area contributed by atoms with Crippen molar-refractivity contribution in [2.24, 2.45) is 0 Å². The summed E-state index contributed by atoms with van der Waals surface area (Å²) in [4.78, 5) is 12.9. The molecule has 0 saturated carbocycles. The molecule has 0 aliphatic heterocycles. The molecule has 4 aromatic rings. The first-order valence-electron chi connectivity index (χ1n) is 10.1. The number of halogens is 7. The third kappa shape index (κ3) is 5.44. The molecule has 4 rings (SSSR count). The third-order valence-electron chi connectivity index (χ3n) is 5.05. The van der Waals surface area contributed by atoms with E-state index in [1.54, 1.807) is 0 Å². The molecule has 0 unspecified atom stereocenters. The Morgan fingerprint density at radius 3 is 2.36 bits per heavy atom. The molecule has 36 heavy (non-hydrogen) atoms. The van der Waals surface area contributed by atoms with Crippen LogP contribution in [0.4, 0.5) is 26.3 Å². The van der Waals surface area contributed by atoms with E-state index in [0.29, 0.717) is 9.59 Å². The number of aliphatic hydroxyl groups is 1. The molecule has 0 bridgehead atoms. The standard InChI is InChI=1S/C21H15ClF6N6O2/c22-14-6-4-12(5-7-14)18-30-34(19(36)32(18)11-17(35)21(26,27)28)10-15-9-33(31-29-15)16-3-1-2-13(8-16)20(23,24)25/h1-9,17,35H,10-11H2/t17-/m0/s1. The van der Waals surface area contributed by atoms with Crippen LogP contribution in [-0.2, 0) is 19.3 Å². The summed E-state index contributed by atoms with van der Waals surface area (Å²) in [5.41, 5.74) is -1.47. The number of nitrogens with zero attached hydrogens (tertiary/aromatic N) is 6. The molecule has 0 amide bonds. The Morgan fingerprint density at radius 2 is 1.72 bits per heavy atom. The average Bonchev–Trinajstić information content (AvgIpc) is 3.39. The maximum Gasteiger partial charge on any atom is 0.416 e. The number of alkyl halides is 6. The van der Waals surface area contributed by atoms with E-state index in [-0.39, 0.29) is 29.3 Å². The number of benzene rings is 2. The van der Waals surface area contributed by atoms with E-state index in [4.69, 9.17) is 11.6 Å². The third-order valence-corrected chi connectivity index (χ3v) is 5.30. The Bertz CT molecular complexity index is 1420. The highest BCUT2D eigenvalue weighted by molar-refractivity contribution is 6.30. The Kier molecular flexibility index (Phi) is 6.66. The summed E-state index contributed by atoms with van der Waals surface area (Å²) < 4.78 is 80.4. The molecule has 1 N–H and O–H groups in total. The van der Waals surface area contributed by atoms with Crippen LogP contribution >= 0.6 is 11.6 Å². The number of hydrogen-bond acceptors (Lipinski definition) is 5. The first-order chi connectivity index (χ1) is 16.8. The zero-order valence-corrected chi connectivity index (χ0v) is 18.6. The summed E-state index contributed by atoms with van der Waals surface area (Å²) in [6, 6.07) is 10.1. The second-order valence-electron chi connectivity index (χ2n) is 7.64. The minimum Gasteiger partial charge on any atom is -0.382 e. The van der Waals surface area contributed by atoms with Crippen LogP contribution in [0.2, 0.25) is 5.02 Å². The maximum absolute atomic E-state index is 13.0. The highest BCUT2D eigenvalue weighted by Gasteiger charge is 2.39. The van der Waals surface area contributed by atoms with Crippen molar-refractivity contribution in [2.45, 2.75) is 31.5 Å². The normalized spacial score (nSPS) is 13.2. The van der Waals surface area contributed by atoms with Crippen LogP contribution in [0, 0.1) is 0 Å². The van der Waals surface area contributed by atoms with Crippen LogP contribution in [0.15, 0.2) is 59.5 Å². The van der Waals surface area contributed by atoms with Gasteiger partial charge in [0, 0.05) is 10.6 Å². The SMILES string of the molecule is O=c1n(Cc2cn(-c3cccc(C(F)(F)F)c3)nn2)nc(-c2ccc(Cl)cc2)n1C[C@H](O)C(F)(F)F. The van der Waals surface area contributed by atoms with Crippen molar-refractivity contribution in [3.05, 3.63) is 81.5 Å². The van der Waals surface area contributed by atoms with Gasteiger partial charge in [0.25, 0.3) is 0 Å². The van der Waals surface area contributed by atoms with E-state index in [2.05, 4.69) is 15.4 Å². The second kappa shape index (κ2) is 9.43. The molecule has 2 aromatic carbocycles. The Morgan fingerprint density at radius 1 is 1.03 bits per heavy atom. The van der Waals surface area contributed by atoms with Crippen LogP contribution in [-0.4, -0.2) is 46.7 Å². The summed E-state index contributed by atoms with van der Waals surface area (Å²) in [7, 11) is 0. The minimum absolute atomic E-state index is 0.0524. The summed E-state index contributed by atoms with van der Waals surface area (Å²) in [5, 5.41) is 21.5. The zero-order valence-electron chi connectivity index (χ0n) is 17.9. The van der Waals surface area contributed by atoms with E-state index in [1.807, 2.05) is 0 Å². The van der Waals surface area contributed by atoms with Gasteiger partial charge in [-0.2, -0.15) is 26.3 Å². The monoisotopic (exact) mass is 532 g/mol. The Labute approximate surface area is 203 Å². The van der Waals surface area contributed by atoms with Gasteiger partial charge in [-0.3, -0.25) is 4.57 Å². The second-order valence-corrected chi connectivity index (χ2v) is 8.08. The van der Waals surface area contributed by atoms with Crippen molar-refractivity contribution in [2.75, 3.05) is 0 Å². The van der Waals surface area contributed by atoms with Crippen molar-refractivity contribution in [3.8, 4) is 17.1 Å².